The van der Waals surface area contributed by atoms with E-state index in [0.29, 0.717) is 29.1 Å². The van der Waals surface area contributed by atoms with E-state index in [9.17, 15) is 18.8 Å². The molecule has 0 spiro atoms. The van der Waals surface area contributed by atoms with Crippen LogP contribution in [0.2, 0.25) is 0 Å². The lowest BCUT2D eigenvalue weighted by molar-refractivity contribution is -0.139. The number of anilines is 1. The van der Waals surface area contributed by atoms with Gasteiger partial charge in [0.15, 0.2) is 0 Å². The van der Waals surface area contributed by atoms with Crippen LogP contribution in [0.25, 0.3) is 0 Å². The Balaban J connectivity index is 1.94. The first-order chi connectivity index (χ1) is 14.8. The molecule has 0 radical (unpaired) electrons. The van der Waals surface area contributed by atoms with Crippen molar-refractivity contribution >= 4 is 23.6 Å². The topological polar surface area (TPSA) is 87.7 Å². The number of carbonyl (C=O) groups excluding carboxylic acids is 3. The summed E-state index contributed by atoms with van der Waals surface area (Å²) in [4.78, 5) is 39.2. The van der Waals surface area contributed by atoms with Crippen LogP contribution in [0.4, 0.5) is 14.9 Å². The predicted octanol–water partition coefficient (Wildman–Crippen LogP) is 4.00. The predicted molar refractivity (Wildman–Crippen MR) is 114 cm³/mol. The molecular formula is C23H24FN3O4. The van der Waals surface area contributed by atoms with E-state index < -0.39 is 23.7 Å². The Morgan fingerprint density at radius 3 is 2.58 bits per heavy atom. The summed E-state index contributed by atoms with van der Waals surface area (Å²) in [7, 11) is 0. The molecular weight excluding hydrogens is 401 g/mol. The molecule has 8 heteroatoms. The molecule has 2 N–H and O–H groups in total. The van der Waals surface area contributed by atoms with Gasteiger partial charge in [-0.2, -0.15) is 0 Å². The average molecular weight is 425 g/mol. The maximum atomic E-state index is 13.4. The van der Waals surface area contributed by atoms with Gasteiger partial charge in [0.05, 0.1) is 18.2 Å². The molecule has 1 aliphatic rings. The Hall–Kier alpha value is -3.68. The fraction of sp³-hybridized carbons (Fsp3) is 0.261. The van der Waals surface area contributed by atoms with Crippen molar-refractivity contribution < 1.29 is 23.5 Å². The van der Waals surface area contributed by atoms with Gasteiger partial charge in [-0.05, 0) is 56.7 Å². The van der Waals surface area contributed by atoms with Gasteiger partial charge in [-0.1, -0.05) is 18.2 Å². The lowest BCUT2D eigenvalue weighted by atomic mass is 9.94. The summed E-state index contributed by atoms with van der Waals surface area (Å²) in [5.41, 5.74) is 2.07. The zero-order chi connectivity index (χ0) is 22.5. The molecule has 0 bridgehead atoms. The first-order valence-corrected chi connectivity index (χ1v) is 9.98. The first kappa shape index (κ1) is 22.0. The highest BCUT2D eigenvalue weighted by molar-refractivity contribution is 6.04. The maximum absolute atomic E-state index is 13.4. The average Bonchev–Trinajstić information content (AvgIpc) is 2.74. The molecule has 0 aromatic heterocycles. The summed E-state index contributed by atoms with van der Waals surface area (Å²) < 4.78 is 18.6. The van der Waals surface area contributed by atoms with Gasteiger partial charge in [-0.15, -0.1) is 0 Å². The molecule has 31 heavy (non-hydrogen) atoms. The molecule has 0 saturated carbocycles. The molecule has 1 unspecified atom stereocenters. The summed E-state index contributed by atoms with van der Waals surface area (Å²) >= 11 is 0. The number of ether oxygens (including phenoxy) is 1. The number of halogens is 1. The van der Waals surface area contributed by atoms with Crippen LogP contribution in [-0.4, -0.2) is 36.0 Å². The zero-order valence-corrected chi connectivity index (χ0v) is 17.6. The highest BCUT2D eigenvalue weighted by Crippen LogP contribution is 2.32. The minimum Gasteiger partial charge on any atom is -0.463 e. The van der Waals surface area contributed by atoms with E-state index in [1.165, 1.54) is 23.1 Å². The van der Waals surface area contributed by atoms with Crippen LogP contribution in [0, 0.1) is 5.82 Å². The fourth-order valence-electron chi connectivity index (χ4n) is 3.51. The van der Waals surface area contributed by atoms with Crippen LogP contribution in [0.5, 0.6) is 0 Å². The van der Waals surface area contributed by atoms with Gasteiger partial charge in [-0.25, -0.2) is 14.0 Å². The number of esters is 1. The number of rotatable bonds is 6. The summed E-state index contributed by atoms with van der Waals surface area (Å²) in [6.07, 6.45) is 0. The third-order valence-corrected chi connectivity index (χ3v) is 4.97. The normalized spacial score (nSPS) is 16.1. The fourth-order valence-corrected chi connectivity index (χ4v) is 3.51. The molecule has 7 nitrogen and oxygen atoms in total. The van der Waals surface area contributed by atoms with Gasteiger partial charge in [0.1, 0.15) is 5.82 Å². The van der Waals surface area contributed by atoms with E-state index in [-0.39, 0.29) is 18.2 Å². The van der Waals surface area contributed by atoms with Crippen molar-refractivity contribution in [2.24, 2.45) is 0 Å². The largest absolute Gasteiger partial charge is 0.463 e. The molecule has 0 aliphatic carbocycles. The SMILES string of the molecule is CCOC(=O)C1=C(C)N(CC)C(=O)NC1c1cccc(NC(=O)c2cccc(F)c2)c1. The van der Waals surface area contributed by atoms with Gasteiger partial charge in [0, 0.05) is 23.5 Å². The molecule has 0 saturated heterocycles. The standard InChI is InChI=1S/C23H24FN3O4/c1-4-27-14(3)19(22(29)31-5-2)20(26-23(27)30)15-8-7-11-18(13-15)25-21(28)16-9-6-10-17(24)12-16/h6-13,20H,4-5H2,1-3H3,(H,25,28)(H,26,30). The molecule has 2 aromatic rings. The summed E-state index contributed by atoms with van der Waals surface area (Å²) in [5, 5.41) is 5.55. The van der Waals surface area contributed by atoms with E-state index in [1.54, 1.807) is 38.1 Å². The van der Waals surface area contributed by atoms with E-state index in [4.69, 9.17) is 4.74 Å². The molecule has 1 atom stereocenters. The second kappa shape index (κ2) is 9.42. The molecule has 1 heterocycles. The maximum Gasteiger partial charge on any atom is 0.338 e. The number of amides is 3. The molecule has 3 amide bonds. The monoisotopic (exact) mass is 425 g/mol. The van der Waals surface area contributed by atoms with Crippen molar-refractivity contribution in [3.05, 3.63) is 76.7 Å². The van der Waals surface area contributed by atoms with E-state index in [0.717, 1.165) is 6.07 Å². The van der Waals surface area contributed by atoms with Crippen LogP contribution in [0.15, 0.2) is 59.8 Å². The molecule has 3 rings (SSSR count). The number of urea groups is 1. The van der Waals surface area contributed by atoms with Gasteiger partial charge < -0.3 is 15.4 Å². The van der Waals surface area contributed by atoms with Crippen LogP contribution in [-0.2, 0) is 9.53 Å². The highest BCUT2D eigenvalue weighted by Gasteiger charge is 2.35. The Morgan fingerprint density at radius 2 is 1.90 bits per heavy atom. The Labute approximate surface area is 179 Å². The van der Waals surface area contributed by atoms with E-state index in [2.05, 4.69) is 10.6 Å². The molecule has 162 valence electrons. The van der Waals surface area contributed by atoms with Crippen molar-refractivity contribution in [3.63, 3.8) is 0 Å². The van der Waals surface area contributed by atoms with Crippen molar-refractivity contribution in [1.29, 1.82) is 0 Å². The Kier molecular flexibility index (Phi) is 6.69. The first-order valence-electron chi connectivity index (χ1n) is 9.98. The van der Waals surface area contributed by atoms with Gasteiger partial charge >= 0.3 is 12.0 Å². The van der Waals surface area contributed by atoms with Crippen LogP contribution in [0.1, 0.15) is 42.7 Å². The number of allylic oxidation sites excluding steroid dienone is 1. The van der Waals surface area contributed by atoms with Crippen molar-refractivity contribution in [2.75, 3.05) is 18.5 Å². The quantitative estimate of drug-likeness (QED) is 0.685. The van der Waals surface area contributed by atoms with Crippen LogP contribution >= 0.6 is 0 Å². The molecule has 2 aromatic carbocycles. The van der Waals surface area contributed by atoms with E-state index in [1.807, 2.05) is 6.92 Å². The Morgan fingerprint density at radius 1 is 1.16 bits per heavy atom. The second-order valence-corrected chi connectivity index (χ2v) is 6.94. The second-order valence-electron chi connectivity index (χ2n) is 6.94. The number of hydrogen-bond donors (Lipinski definition) is 2. The molecule has 1 aliphatic heterocycles. The van der Waals surface area contributed by atoms with Crippen LogP contribution < -0.4 is 10.6 Å². The highest BCUT2D eigenvalue weighted by atomic mass is 19.1. The zero-order valence-electron chi connectivity index (χ0n) is 17.6. The third-order valence-electron chi connectivity index (χ3n) is 4.97. The number of carbonyl (C=O) groups is 3. The smallest absolute Gasteiger partial charge is 0.338 e. The van der Waals surface area contributed by atoms with Gasteiger partial charge in [0.25, 0.3) is 5.91 Å². The Bertz CT molecular complexity index is 1050. The third kappa shape index (κ3) is 4.74. The molecule has 0 fully saturated rings. The summed E-state index contributed by atoms with van der Waals surface area (Å²) in [6, 6.07) is 11.1. The van der Waals surface area contributed by atoms with Crippen LogP contribution in [0.3, 0.4) is 0 Å². The van der Waals surface area contributed by atoms with Crippen molar-refractivity contribution in [2.45, 2.75) is 26.8 Å². The van der Waals surface area contributed by atoms with Crippen molar-refractivity contribution in [3.8, 4) is 0 Å². The number of hydrogen-bond acceptors (Lipinski definition) is 4. The lowest BCUT2D eigenvalue weighted by Gasteiger charge is -2.34. The number of nitrogens with zero attached hydrogens (tertiary/aromatic N) is 1. The number of nitrogens with one attached hydrogen (secondary N) is 2. The van der Waals surface area contributed by atoms with E-state index >= 15 is 0 Å². The minimum absolute atomic E-state index is 0.179. The van der Waals surface area contributed by atoms with Gasteiger partial charge in [0.2, 0.25) is 0 Å². The van der Waals surface area contributed by atoms with Crippen molar-refractivity contribution in [1.82, 2.24) is 10.2 Å². The summed E-state index contributed by atoms with van der Waals surface area (Å²) in [6.45, 7) is 5.83. The summed E-state index contributed by atoms with van der Waals surface area (Å²) in [5.74, 6) is -1.50. The minimum atomic E-state index is -0.736. The number of benzene rings is 2. The lowest BCUT2D eigenvalue weighted by Crippen LogP contribution is -2.47. The van der Waals surface area contributed by atoms with Gasteiger partial charge in [-0.3, -0.25) is 9.69 Å².